The van der Waals surface area contributed by atoms with Crippen molar-refractivity contribution in [2.24, 2.45) is 0 Å². The number of pyridine rings is 1. The summed E-state index contributed by atoms with van der Waals surface area (Å²) in [4.78, 5) is 4.21. The van der Waals surface area contributed by atoms with Crippen LogP contribution in [0.5, 0.6) is 5.75 Å². The molecule has 4 heteroatoms. The maximum atomic E-state index is 5.35. The lowest BCUT2D eigenvalue weighted by molar-refractivity contribution is 0.410. The highest BCUT2D eigenvalue weighted by Gasteiger charge is 2.01. The third-order valence-corrected chi connectivity index (χ3v) is 3.04. The average Bonchev–Trinajstić information content (AvgIpc) is 2.48. The van der Waals surface area contributed by atoms with Gasteiger partial charge in [-0.2, -0.15) is 0 Å². The first-order chi connectivity index (χ1) is 9.83. The van der Waals surface area contributed by atoms with E-state index in [4.69, 9.17) is 4.74 Å². The van der Waals surface area contributed by atoms with Gasteiger partial charge in [-0.25, -0.2) is 0 Å². The van der Waals surface area contributed by atoms with Crippen LogP contribution in [0, 0.1) is 0 Å². The molecule has 0 fully saturated rings. The minimum atomic E-state index is 0.845. The summed E-state index contributed by atoms with van der Waals surface area (Å²) >= 11 is 0. The summed E-state index contributed by atoms with van der Waals surface area (Å²) in [6, 6.07) is 10.2. The van der Waals surface area contributed by atoms with E-state index < -0.39 is 0 Å². The Morgan fingerprint density at radius 3 is 2.60 bits per heavy atom. The van der Waals surface area contributed by atoms with Gasteiger partial charge in [-0.15, -0.1) is 0 Å². The molecule has 0 aliphatic carbocycles. The Morgan fingerprint density at radius 2 is 1.85 bits per heavy atom. The number of benzene rings is 1. The number of nitrogens with zero attached hydrogens (tertiary/aromatic N) is 1. The number of hydrogen-bond acceptors (Lipinski definition) is 4. The quantitative estimate of drug-likeness (QED) is 0.812. The minimum Gasteiger partial charge on any atom is -0.496 e. The zero-order chi connectivity index (χ0) is 14.2. The van der Waals surface area contributed by atoms with Crippen LogP contribution in [0.2, 0.25) is 0 Å². The molecule has 0 amide bonds. The van der Waals surface area contributed by atoms with Crippen molar-refractivity contribution in [3.05, 3.63) is 48.3 Å². The summed E-state index contributed by atoms with van der Waals surface area (Å²) in [5, 5.41) is 6.64. The Balaban J connectivity index is 1.91. The molecular formula is C16H21N3O. The van der Waals surface area contributed by atoms with Crippen molar-refractivity contribution in [1.82, 2.24) is 4.98 Å². The fourth-order valence-electron chi connectivity index (χ4n) is 2.09. The van der Waals surface area contributed by atoms with Gasteiger partial charge in [0.05, 0.1) is 30.9 Å². The smallest absolute Gasteiger partial charge is 0.122 e. The van der Waals surface area contributed by atoms with E-state index in [1.54, 1.807) is 7.11 Å². The maximum Gasteiger partial charge on any atom is 0.122 e. The zero-order valence-corrected chi connectivity index (χ0v) is 12.0. The van der Waals surface area contributed by atoms with Crippen LogP contribution in [0.3, 0.4) is 0 Å². The van der Waals surface area contributed by atoms with Crippen molar-refractivity contribution in [3.8, 4) is 5.75 Å². The molecule has 2 N–H and O–H groups in total. The van der Waals surface area contributed by atoms with Crippen LogP contribution in [0.1, 0.15) is 12.5 Å². The monoisotopic (exact) mass is 271 g/mol. The van der Waals surface area contributed by atoms with E-state index in [0.29, 0.717) is 0 Å². The second-order valence-electron chi connectivity index (χ2n) is 4.48. The molecule has 1 heterocycles. The SMILES string of the molecule is CCNc1cncc(NCCc2ccccc2OC)c1. The second kappa shape index (κ2) is 7.38. The lowest BCUT2D eigenvalue weighted by Crippen LogP contribution is -2.07. The van der Waals surface area contributed by atoms with E-state index in [2.05, 4.69) is 34.7 Å². The minimum absolute atomic E-state index is 0.845. The lowest BCUT2D eigenvalue weighted by Gasteiger charge is -2.10. The number of aromatic nitrogens is 1. The van der Waals surface area contributed by atoms with E-state index in [-0.39, 0.29) is 0 Å². The lowest BCUT2D eigenvalue weighted by atomic mass is 10.1. The maximum absolute atomic E-state index is 5.35. The number of nitrogens with one attached hydrogen (secondary N) is 2. The van der Waals surface area contributed by atoms with Crippen LogP contribution in [0.4, 0.5) is 11.4 Å². The first-order valence-corrected chi connectivity index (χ1v) is 6.88. The molecule has 2 aromatic rings. The molecule has 0 unspecified atom stereocenters. The summed E-state index contributed by atoms with van der Waals surface area (Å²) in [5.41, 5.74) is 3.27. The van der Waals surface area contributed by atoms with Crippen molar-refractivity contribution in [2.45, 2.75) is 13.3 Å². The Morgan fingerprint density at radius 1 is 1.10 bits per heavy atom. The van der Waals surface area contributed by atoms with Crippen molar-refractivity contribution in [2.75, 3.05) is 30.8 Å². The number of para-hydroxylation sites is 1. The molecule has 1 aromatic carbocycles. The van der Waals surface area contributed by atoms with Crippen molar-refractivity contribution >= 4 is 11.4 Å². The van der Waals surface area contributed by atoms with E-state index >= 15 is 0 Å². The highest BCUT2D eigenvalue weighted by Crippen LogP contribution is 2.18. The molecule has 0 saturated heterocycles. The van der Waals surface area contributed by atoms with Crippen LogP contribution in [-0.2, 0) is 6.42 Å². The third kappa shape index (κ3) is 3.88. The van der Waals surface area contributed by atoms with E-state index in [9.17, 15) is 0 Å². The molecule has 4 nitrogen and oxygen atoms in total. The number of methoxy groups -OCH3 is 1. The van der Waals surface area contributed by atoms with Gasteiger partial charge in [-0.05, 0) is 31.0 Å². The molecule has 0 bridgehead atoms. The predicted molar refractivity (Wildman–Crippen MR) is 83.6 cm³/mol. The van der Waals surface area contributed by atoms with Crippen LogP contribution in [0.25, 0.3) is 0 Å². The Bertz CT molecular complexity index is 543. The van der Waals surface area contributed by atoms with E-state index in [0.717, 1.165) is 36.6 Å². The number of hydrogen-bond donors (Lipinski definition) is 2. The Kier molecular flexibility index (Phi) is 5.24. The van der Waals surface area contributed by atoms with Crippen molar-refractivity contribution in [3.63, 3.8) is 0 Å². The summed E-state index contributed by atoms with van der Waals surface area (Å²) in [6.45, 7) is 3.81. The summed E-state index contributed by atoms with van der Waals surface area (Å²) in [6.07, 6.45) is 4.58. The van der Waals surface area contributed by atoms with Gasteiger partial charge >= 0.3 is 0 Å². The van der Waals surface area contributed by atoms with Gasteiger partial charge in [0.2, 0.25) is 0 Å². The van der Waals surface area contributed by atoms with Gasteiger partial charge < -0.3 is 15.4 Å². The molecule has 106 valence electrons. The number of anilines is 2. The average molecular weight is 271 g/mol. The molecule has 0 aliphatic heterocycles. The highest BCUT2D eigenvalue weighted by molar-refractivity contribution is 5.54. The predicted octanol–water partition coefficient (Wildman–Crippen LogP) is 3.18. The fourth-order valence-corrected chi connectivity index (χ4v) is 2.09. The van der Waals surface area contributed by atoms with Gasteiger partial charge in [0.15, 0.2) is 0 Å². The Labute approximate surface area is 120 Å². The standard InChI is InChI=1S/C16H21N3O/c1-3-18-14-10-15(12-17-11-14)19-9-8-13-6-4-5-7-16(13)20-2/h4-7,10-12,18-19H,3,8-9H2,1-2H3. The van der Waals surface area contributed by atoms with Crippen molar-refractivity contribution in [1.29, 1.82) is 0 Å². The van der Waals surface area contributed by atoms with Gasteiger partial charge in [0.25, 0.3) is 0 Å². The van der Waals surface area contributed by atoms with Crippen molar-refractivity contribution < 1.29 is 4.74 Å². The fraction of sp³-hybridized carbons (Fsp3) is 0.312. The Hall–Kier alpha value is -2.23. The molecule has 0 atom stereocenters. The molecule has 1 aromatic heterocycles. The van der Waals surface area contributed by atoms with Gasteiger partial charge in [0, 0.05) is 13.1 Å². The second-order valence-corrected chi connectivity index (χ2v) is 4.48. The first-order valence-electron chi connectivity index (χ1n) is 6.88. The van der Waals surface area contributed by atoms with E-state index in [1.165, 1.54) is 5.56 Å². The van der Waals surface area contributed by atoms with Gasteiger partial charge in [-0.1, -0.05) is 18.2 Å². The van der Waals surface area contributed by atoms with Gasteiger partial charge in [0.1, 0.15) is 5.75 Å². The molecule has 2 rings (SSSR count). The number of rotatable bonds is 7. The van der Waals surface area contributed by atoms with Crippen LogP contribution in [-0.4, -0.2) is 25.2 Å². The highest BCUT2D eigenvalue weighted by atomic mass is 16.5. The summed E-state index contributed by atoms with van der Waals surface area (Å²) < 4.78 is 5.35. The molecular weight excluding hydrogens is 250 g/mol. The normalized spacial score (nSPS) is 10.1. The van der Waals surface area contributed by atoms with Crippen LogP contribution in [0.15, 0.2) is 42.7 Å². The van der Waals surface area contributed by atoms with Crippen LogP contribution >= 0.6 is 0 Å². The molecule has 0 saturated carbocycles. The summed E-state index contributed by atoms with van der Waals surface area (Å²) in [5.74, 6) is 0.939. The van der Waals surface area contributed by atoms with Gasteiger partial charge in [-0.3, -0.25) is 4.98 Å². The molecule has 0 radical (unpaired) electrons. The molecule has 0 spiro atoms. The zero-order valence-electron chi connectivity index (χ0n) is 12.0. The summed E-state index contributed by atoms with van der Waals surface area (Å²) in [7, 11) is 1.70. The van der Waals surface area contributed by atoms with Crippen LogP contribution < -0.4 is 15.4 Å². The topological polar surface area (TPSA) is 46.2 Å². The number of ether oxygens (including phenoxy) is 1. The molecule has 0 aliphatic rings. The third-order valence-electron chi connectivity index (χ3n) is 3.04. The molecule has 20 heavy (non-hydrogen) atoms. The first kappa shape index (κ1) is 14.2. The van der Waals surface area contributed by atoms with E-state index in [1.807, 2.05) is 30.6 Å². The largest absolute Gasteiger partial charge is 0.496 e.